The molecular weight excluding hydrogens is 380 g/mol. The molecule has 0 unspecified atom stereocenters. The zero-order valence-corrected chi connectivity index (χ0v) is 16.8. The minimum absolute atomic E-state index is 0.0135. The van der Waals surface area contributed by atoms with Gasteiger partial charge < -0.3 is 9.88 Å². The van der Waals surface area contributed by atoms with E-state index in [1.807, 2.05) is 55.7 Å². The van der Waals surface area contributed by atoms with Crippen molar-refractivity contribution in [3.63, 3.8) is 0 Å². The van der Waals surface area contributed by atoms with Crippen molar-refractivity contribution < 1.29 is 9.72 Å². The number of aromatic nitrogens is 1. The molecule has 0 aliphatic carbocycles. The molecular formula is C23H20N4O3. The van der Waals surface area contributed by atoms with Gasteiger partial charge in [-0.3, -0.25) is 14.9 Å². The molecule has 2 aromatic carbocycles. The fourth-order valence-electron chi connectivity index (χ4n) is 3.28. The normalized spacial score (nSPS) is 11.1. The summed E-state index contributed by atoms with van der Waals surface area (Å²) in [6.07, 6.45) is 1.55. The van der Waals surface area contributed by atoms with Crippen LogP contribution < -0.4 is 5.32 Å². The molecule has 0 radical (unpaired) electrons. The number of nitro groups is 1. The van der Waals surface area contributed by atoms with E-state index in [1.165, 1.54) is 12.1 Å². The average Bonchev–Trinajstić information content (AvgIpc) is 2.99. The Balaban J connectivity index is 1.92. The molecule has 1 amide bonds. The van der Waals surface area contributed by atoms with Gasteiger partial charge in [-0.25, -0.2) is 0 Å². The Labute approximate surface area is 174 Å². The predicted molar refractivity (Wildman–Crippen MR) is 115 cm³/mol. The number of nitrogens with zero attached hydrogens (tertiary/aromatic N) is 3. The molecule has 0 atom stereocenters. The SMILES string of the molecule is Cc1cccc(NC(=O)/C(C#N)=C/c2cc(C)n(-c3ccc([N+](=O)[O-])cc3)c2C)c1. The Bertz CT molecular complexity index is 1200. The maximum Gasteiger partial charge on any atom is 0.269 e. The second-order valence-corrected chi connectivity index (χ2v) is 6.93. The lowest BCUT2D eigenvalue weighted by atomic mass is 10.1. The highest BCUT2D eigenvalue weighted by Crippen LogP contribution is 2.24. The van der Waals surface area contributed by atoms with Crippen molar-refractivity contribution in [3.8, 4) is 11.8 Å². The third-order valence-electron chi connectivity index (χ3n) is 4.73. The molecule has 0 saturated heterocycles. The molecule has 0 fully saturated rings. The number of nitro benzene ring substituents is 1. The number of aryl methyl sites for hydroxylation is 2. The van der Waals surface area contributed by atoms with Crippen LogP contribution in [0.15, 0.2) is 60.2 Å². The Hall–Kier alpha value is -4.18. The molecule has 1 N–H and O–H groups in total. The topological polar surface area (TPSA) is 101 Å². The highest BCUT2D eigenvalue weighted by molar-refractivity contribution is 6.09. The summed E-state index contributed by atoms with van der Waals surface area (Å²) in [6.45, 7) is 5.68. The van der Waals surface area contributed by atoms with Crippen molar-refractivity contribution in [2.45, 2.75) is 20.8 Å². The summed E-state index contributed by atoms with van der Waals surface area (Å²) in [5.74, 6) is -0.483. The van der Waals surface area contributed by atoms with Gasteiger partial charge in [0.2, 0.25) is 0 Å². The van der Waals surface area contributed by atoms with Crippen LogP contribution in [0, 0.1) is 42.2 Å². The van der Waals surface area contributed by atoms with Crippen molar-refractivity contribution in [2.24, 2.45) is 0 Å². The maximum atomic E-state index is 12.6. The van der Waals surface area contributed by atoms with E-state index >= 15 is 0 Å². The molecule has 0 aliphatic heterocycles. The van der Waals surface area contributed by atoms with E-state index in [0.717, 1.165) is 28.2 Å². The molecule has 1 heterocycles. The first-order valence-corrected chi connectivity index (χ1v) is 9.23. The zero-order chi connectivity index (χ0) is 21.8. The van der Waals surface area contributed by atoms with Gasteiger partial charge in [-0.05, 0) is 68.3 Å². The molecule has 0 spiro atoms. The molecule has 3 aromatic rings. The van der Waals surface area contributed by atoms with Gasteiger partial charge in [-0.1, -0.05) is 12.1 Å². The lowest BCUT2D eigenvalue weighted by Gasteiger charge is -2.09. The van der Waals surface area contributed by atoms with Crippen LogP contribution in [-0.4, -0.2) is 15.4 Å². The first-order chi connectivity index (χ1) is 14.3. The van der Waals surface area contributed by atoms with Gasteiger partial charge in [0.25, 0.3) is 11.6 Å². The Morgan fingerprint density at radius 1 is 1.13 bits per heavy atom. The van der Waals surface area contributed by atoms with Crippen LogP contribution >= 0.6 is 0 Å². The molecule has 1 aromatic heterocycles. The van der Waals surface area contributed by atoms with Crippen molar-refractivity contribution >= 4 is 23.4 Å². The van der Waals surface area contributed by atoms with Crippen molar-refractivity contribution in [3.05, 3.63) is 92.8 Å². The number of carbonyl (C=O) groups is 1. The first kappa shape index (κ1) is 20.6. The van der Waals surface area contributed by atoms with Gasteiger partial charge in [0.1, 0.15) is 11.6 Å². The van der Waals surface area contributed by atoms with E-state index < -0.39 is 10.8 Å². The number of hydrogen-bond acceptors (Lipinski definition) is 4. The average molecular weight is 400 g/mol. The van der Waals surface area contributed by atoms with Gasteiger partial charge in [-0.15, -0.1) is 0 Å². The lowest BCUT2D eigenvalue weighted by Crippen LogP contribution is -2.13. The monoisotopic (exact) mass is 400 g/mol. The molecule has 7 nitrogen and oxygen atoms in total. The van der Waals surface area contributed by atoms with Crippen LogP contribution in [0.5, 0.6) is 0 Å². The number of nitriles is 1. The minimum atomic E-state index is -0.483. The second kappa shape index (κ2) is 8.45. The van der Waals surface area contributed by atoms with Gasteiger partial charge in [0, 0.05) is 34.9 Å². The molecule has 7 heteroatoms. The maximum absolute atomic E-state index is 12.6. The number of carbonyl (C=O) groups excluding carboxylic acids is 1. The minimum Gasteiger partial charge on any atom is -0.321 e. The summed E-state index contributed by atoms with van der Waals surface area (Å²) in [6, 6.07) is 17.4. The van der Waals surface area contributed by atoms with E-state index in [0.29, 0.717) is 5.69 Å². The van der Waals surface area contributed by atoms with Crippen LogP contribution in [0.4, 0.5) is 11.4 Å². The largest absolute Gasteiger partial charge is 0.321 e. The third kappa shape index (κ3) is 4.28. The molecule has 0 saturated carbocycles. The number of nitrogens with one attached hydrogen (secondary N) is 1. The fraction of sp³-hybridized carbons (Fsp3) is 0.130. The van der Waals surface area contributed by atoms with Crippen molar-refractivity contribution in [1.29, 1.82) is 5.26 Å². The van der Waals surface area contributed by atoms with E-state index in [-0.39, 0.29) is 11.3 Å². The van der Waals surface area contributed by atoms with E-state index in [1.54, 1.807) is 24.3 Å². The lowest BCUT2D eigenvalue weighted by molar-refractivity contribution is -0.384. The summed E-state index contributed by atoms with van der Waals surface area (Å²) >= 11 is 0. The smallest absolute Gasteiger partial charge is 0.269 e. The van der Waals surface area contributed by atoms with E-state index in [9.17, 15) is 20.2 Å². The summed E-state index contributed by atoms with van der Waals surface area (Å²) < 4.78 is 1.92. The summed E-state index contributed by atoms with van der Waals surface area (Å²) in [5.41, 5.74) is 4.81. The van der Waals surface area contributed by atoms with Crippen LogP contribution in [0.2, 0.25) is 0 Å². The fourth-order valence-corrected chi connectivity index (χ4v) is 3.28. The van der Waals surface area contributed by atoms with Crippen LogP contribution in [-0.2, 0) is 4.79 Å². The summed E-state index contributed by atoms with van der Waals surface area (Å²) in [7, 11) is 0. The van der Waals surface area contributed by atoms with E-state index in [4.69, 9.17) is 0 Å². The number of amides is 1. The van der Waals surface area contributed by atoms with Gasteiger partial charge >= 0.3 is 0 Å². The standard InChI is InChI=1S/C23H20N4O3/c1-15-5-4-6-20(11-15)25-23(28)19(14-24)13-18-12-16(2)26(17(18)3)21-7-9-22(10-8-21)27(29)30/h4-13H,1-3H3,(H,25,28)/b19-13+. The second-order valence-electron chi connectivity index (χ2n) is 6.93. The Kier molecular flexibility index (Phi) is 5.79. The number of non-ortho nitro benzene ring substituents is 1. The Morgan fingerprint density at radius 2 is 1.83 bits per heavy atom. The Morgan fingerprint density at radius 3 is 2.43 bits per heavy atom. The number of rotatable bonds is 5. The molecule has 30 heavy (non-hydrogen) atoms. The van der Waals surface area contributed by atoms with Crippen molar-refractivity contribution in [1.82, 2.24) is 4.57 Å². The highest BCUT2D eigenvalue weighted by Gasteiger charge is 2.15. The van der Waals surface area contributed by atoms with Gasteiger partial charge in [0.15, 0.2) is 0 Å². The van der Waals surface area contributed by atoms with Crippen LogP contribution in [0.1, 0.15) is 22.5 Å². The number of benzene rings is 2. The van der Waals surface area contributed by atoms with E-state index in [2.05, 4.69) is 5.32 Å². The van der Waals surface area contributed by atoms with Crippen molar-refractivity contribution in [2.75, 3.05) is 5.32 Å². The third-order valence-corrected chi connectivity index (χ3v) is 4.73. The van der Waals surface area contributed by atoms with Crippen LogP contribution in [0.25, 0.3) is 11.8 Å². The highest BCUT2D eigenvalue weighted by atomic mass is 16.6. The molecule has 3 rings (SSSR count). The molecule has 0 aliphatic rings. The number of anilines is 1. The summed E-state index contributed by atoms with van der Waals surface area (Å²) in [5, 5.41) is 23.1. The quantitative estimate of drug-likeness (QED) is 0.286. The van der Waals surface area contributed by atoms with Gasteiger partial charge in [0.05, 0.1) is 4.92 Å². The number of hydrogen-bond donors (Lipinski definition) is 1. The molecule has 150 valence electrons. The van der Waals surface area contributed by atoms with Crippen LogP contribution in [0.3, 0.4) is 0 Å². The predicted octanol–water partition coefficient (Wildman–Crippen LogP) is 4.86. The van der Waals surface area contributed by atoms with Gasteiger partial charge in [-0.2, -0.15) is 5.26 Å². The summed E-state index contributed by atoms with van der Waals surface area (Å²) in [4.78, 5) is 23.0. The first-order valence-electron chi connectivity index (χ1n) is 9.23. The molecule has 0 bridgehead atoms. The zero-order valence-electron chi connectivity index (χ0n) is 16.8.